The second kappa shape index (κ2) is 6.25. The van der Waals surface area contributed by atoms with Crippen molar-refractivity contribution < 1.29 is 9.72 Å². The minimum absolute atomic E-state index is 0.0321. The van der Waals surface area contributed by atoms with E-state index < -0.39 is 4.92 Å². The number of hydrogen-bond acceptors (Lipinski definition) is 4. The third-order valence-electron chi connectivity index (χ3n) is 4.97. The Labute approximate surface area is 149 Å². The van der Waals surface area contributed by atoms with Gasteiger partial charge in [0.1, 0.15) is 5.82 Å². The lowest BCUT2D eigenvalue weighted by Crippen LogP contribution is -2.31. The summed E-state index contributed by atoms with van der Waals surface area (Å²) < 4.78 is 0. The highest BCUT2D eigenvalue weighted by atomic mass is 16.6. The molecule has 132 valence electrons. The number of nitro groups is 1. The van der Waals surface area contributed by atoms with Gasteiger partial charge in [0, 0.05) is 23.7 Å². The van der Waals surface area contributed by atoms with Crippen molar-refractivity contribution in [2.75, 3.05) is 6.54 Å². The molecule has 1 N–H and O–H groups in total. The van der Waals surface area contributed by atoms with Crippen molar-refractivity contribution in [3.63, 3.8) is 0 Å². The summed E-state index contributed by atoms with van der Waals surface area (Å²) >= 11 is 0. The van der Waals surface area contributed by atoms with Crippen LogP contribution in [0.25, 0.3) is 11.0 Å². The van der Waals surface area contributed by atoms with Gasteiger partial charge in [0.05, 0.1) is 22.0 Å². The van der Waals surface area contributed by atoms with Crippen LogP contribution >= 0.6 is 0 Å². The highest BCUT2D eigenvalue weighted by Gasteiger charge is 2.34. The van der Waals surface area contributed by atoms with Crippen LogP contribution in [0.3, 0.4) is 0 Å². The molecule has 0 aliphatic carbocycles. The monoisotopic (exact) mass is 350 g/mol. The summed E-state index contributed by atoms with van der Waals surface area (Å²) in [5, 5.41) is 11.2. The summed E-state index contributed by atoms with van der Waals surface area (Å²) in [7, 11) is 0. The van der Waals surface area contributed by atoms with Crippen molar-refractivity contribution >= 4 is 22.6 Å². The molecule has 0 spiro atoms. The first kappa shape index (κ1) is 16.3. The number of hydrogen-bond donors (Lipinski definition) is 1. The van der Waals surface area contributed by atoms with Crippen LogP contribution in [0.15, 0.2) is 42.5 Å². The Bertz CT molecular complexity index is 978. The summed E-state index contributed by atoms with van der Waals surface area (Å²) in [4.78, 5) is 33.5. The van der Waals surface area contributed by atoms with Crippen LogP contribution in [-0.2, 0) is 0 Å². The largest absolute Gasteiger partial charge is 0.340 e. The number of amides is 1. The van der Waals surface area contributed by atoms with E-state index in [1.165, 1.54) is 6.07 Å². The van der Waals surface area contributed by atoms with E-state index in [0.717, 1.165) is 29.7 Å². The number of likely N-dealkylation sites (tertiary alicyclic amines) is 1. The van der Waals surface area contributed by atoms with Crippen molar-refractivity contribution in [1.82, 2.24) is 14.9 Å². The first-order chi connectivity index (χ1) is 12.6. The van der Waals surface area contributed by atoms with Crippen molar-refractivity contribution in [1.29, 1.82) is 0 Å². The number of rotatable bonds is 3. The standard InChI is InChI=1S/C19H18N4O3/c1-12-13(6-4-9-16(12)23(25)26)19(24)22-11-5-10-17(22)18-20-14-7-2-3-8-15(14)21-18/h2-4,6-9,17H,5,10-11H2,1H3,(H,20,21)/t17-/m0/s1. The van der Waals surface area contributed by atoms with Crippen LogP contribution in [0.2, 0.25) is 0 Å². The molecule has 2 aromatic carbocycles. The Morgan fingerprint density at radius 2 is 2.08 bits per heavy atom. The van der Waals surface area contributed by atoms with E-state index in [1.54, 1.807) is 24.0 Å². The first-order valence-electron chi connectivity index (χ1n) is 8.56. The SMILES string of the molecule is Cc1c(C(=O)N2CCC[C@H]2c2nc3ccccc3[nH]2)cccc1[N+](=O)[O-]. The fraction of sp³-hybridized carbons (Fsp3) is 0.263. The predicted molar refractivity (Wildman–Crippen MR) is 96.9 cm³/mol. The van der Waals surface area contributed by atoms with Gasteiger partial charge < -0.3 is 9.88 Å². The molecule has 1 aliphatic rings. The average molecular weight is 350 g/mol. The number of nitro benzene ring substituents is 1. The molecule has 0 unspecified atom stereocenters. The van der Waals surface area contributed by atoms with Crippen molar-refractivity contribution in [3.8, 4) is 0 Å². The van der Waals surface area contributed by atoms with Crippen LogP contribution in [0.1, 0.15) is 40.6 Å². The molecule has 0 bridgehead atoms. The number of carbonyl (C=O) groups excluding carboxylic acids is 1. The van der Waals surface area contributed by atoms with E-state index in [-0.39, 0.29) is 17.6 Å². The molecule has 0 saturated carbocycles. The quantitative estimate of drug-likeness (QED) is 0.575. The van der Waals surface area contributed by atoms with Crippen LogP contribution in [0.5, 0.6) is 0 Å². The van der Waals surface area contributed by atoms with E-state index in [4.69, 9.17) is 0 Å². The van der Waals surface area contributed by atoms with Gasteiger partial charge >= 0.3 is 0 Å². The van der Waals surface area contributed by atoms with Gasteiger partial charge in [0.15, 0.2) is 0 Å². The van der Waals surface area contributed by atoms with Crippen molar-refractivity contribution in [2.45, 2.75) is 25.8 Å². The summed E-state index contributed by atoms with van der Waals surface area (Å²) in [6, 6.07) is 12.2. The molecule has 1 fully saturated rings. The second-order valence-electron chi connectivity index (χ2n) is 6.50. The molecule has 1 aliphatic heterocycles. The fourth-order valence-electron chi connectivity index (χ4n) is 3.63. The molecular weight excluding hydrogens is 332 g/mol. The normalized spacial score (nSPS) is 17.0. The fourth-order valence-corrected chi connectivity index (χ4v) is 3.63. The first-order valence-corrected chi connectivity index (χ1v) is 8.56. The number of H-pyrrole nitrogens is 1. The van der Waals surface area contributed by atoms with E-state index in [0.29, 0.717) is 17.7 Å². The summed E-state index contributed by atoms with van der Waals surface area (Å²) in [5.74, 6) is 0.578. The molecule has 7 nitrogen and oxygen atoms in total. The Morgan fingerprint density at radius 3 is 2.85 bits per heavy atom. The van der Waals surface area contributed by atoms with Crippen LogP contribution in [0.4, 0.5) is 5.69 Å². The van der Waals surface area contributed by atoms with Gasteiger partial charge in [0.25, 0.3) is 11.6 Å². The molecule has 7 heteroatoms. The molecule has 0 radical (unpaired) electrons. The Hall–Kier alpha value is -3.22. The molecule has 1 atom stereocenters. The van der Waals surface area contributed by atoms with Gasteiger partial charge in [0.2, 0.25) is 0 Å². The van der Waals surface area contributed by atoms with Crippen LogP contribution in [0, 0.1) is 17.0 Å². The van der Waals surface area contributed by atoms with E-state index in [2.05, 4.69) is 9.97 Å². The number of para-hydroxylation sites is 2. The number of nitrogens with zero attached hydrogens (tertiary/aromatic N) is 3. The summed E-state index contributed by atoms with van der Waals surface area (Å²) in [6.07, 6.45) is 1.70. The van der Waals surface area contributed by atoms with Crippen molar-refractivity contribution in [2.24, 2.45) is 0 Å². The minimum atomic E-state index is -0.452. The molecule has 1 amide bonds. The number of carbonyl (C=O) groups is 1. The van der Waals surface area contributed by atoms with Gasteiger partial charge in [-0.3, -0.25) is 14.9 Å². The van der Waals surface area contributed by atoms with Crippen molar-refractivity contribution in [3.05, 3.63) is 69.5 Å². The number of nitrogens with one attached hydrogen (secondary N) is 1. The average Bonchev–Trinajstić information content (AvgIpc) is 3.27. The highest BCUT2D eigenvalue weighted by Crippen LogP contribution is 2.34. The number of benzene rings is 2. The number of aromatic nitrogens is 2. The van der Waals surface area contributed by atoms with Crippen LogP contribution in [-0.4, -0.2) is 32.2 Å². The van der Waals surface area contributed by atoms with E-state index in [9.17, 15) is 14.9 Å². The molecule has 26 heavy (non-hydrogen) atoms. The molecule has 2 heterocycles. The zero-order valence-electron chi connectivity index (χ0n) is 14.3. The van der Waals surface area contributed by atoms with Gasteiger partial charge in [-0.15, -0.1) is 0 Å². The molecule has 4 rings (SSSR count). The Morgan fingerprint density at radius 1 is 1.27 bits per heavy atom. The third kappa shape index (κ3) is 2.61. The maximum absolute atomic E-state index is 13.1. The number of imidazole rings is 1. The topological polar surface area (TPSA) is 92.1 Å². The van der Waals surface area contributed by atoms with Gasteiger partial charge in [-0.1, -0.05) is 18.2 Å². The zero-order chi connectivity index (χ0) is 18.3. The lowest BCUT2D eigenvalue weighted by atomic mass is 10.0. The molecule has 1 saturated heterocycles. The third-order valence-corrected chi connectivity index (χ3v) is 4.97. The zero-order valence-corrected chi connectivity index (χ0v) is 14.3. The predicted octanol–water partition coefficient (Wildman–Crippen LogP) is 3.76. The lowest BCUT2D eigenvalue weighted by molar-refractivity contribution is -0.385. The van der Waals surface area contributed by atoms with E-state index >= 15 is 0 Å². The van der Waals surface area contributed by atoms with E-state index in [1.807, 2.05) is 24.3 Å². The smallest absolute Gasteiger partial charge is 0.273 e. The number of aromatic amines is 1. The molecule has 3 aromatic rings. The van der Waals surface area contributed by atoms with Gasteiger partial charge in [-0.25, -0.2) is 4.98 Å². The Balaban J connectivity index is 1.69. The maximum atomic E-state index is 13.1. The summed E-state index contributed by atoms with van der Waals surface area (Å²) in [5.41, 5.74) is 2.55. The Kier molecular flexibility index (Phi) is 3.91. The molecular formula is C19H18N4O3. The van der Waals surface area contributed by atoms with Gasteiger partial charge in [-0.05, 0) is 38.0 Å². The van der Waals surface area contributed by atoms with Crippen LogP contribution < -0.4 is 0 Å². The maximum Gasteiger partial charge on any atom is 0.273 e. The number of fused-ring (bicyclic) bond motifs is 1. The summed E-state index contributed by atoms with van der Waals surface area (Å²) in [6.45, 7) is 2.24. The lowest BCUT2D eigenvalue weighted by Gasteiger charge is -2.24. The minimum Gasteiger partial charge on any atom is -0.340 e. The highest BCUT2D eigenvalue weighted by molar-refractivity contribution is 5.97. The van der Waals surface area contributed by atoms with Gasteiger partial charge in [-0.2, -0.15) is 0 Å². The molecule has 1 aromatic heterocycles. The second-order valence-corrected chi connectivity index (χ2v) is 6.50.